The van der Waals surface area contributed by atoms with E-state index in [0.717, 1.165) is 0 Å². The van der Waals surface area contributed by atoms with E-state index in [1.165, 1.54) is 0 Å². The number of halogens is 4. The maximum absolute atomic E-state index is 8.76. The van der Waals surface area contributed by atoms with Gasteiger partial charge in [0, 0.05) is 11.5 Å². The van der Waals surface area contributed by atoms with Crippen LogP contribution in [-0.2, 0) is 0 Å². The molecule has 2 nitrogen and oxygen atoms in total. The highest BCUT2D eigenvalue weighted by Crippen LogP contribution is 2.47. The van der Waals surface area contributed by atoms with Crippen molar-refractivity contribution in [1.82, 2.24) is 0 Å². The van der Waals surface area contributed by atoms with Crippen LogP contribution in [0, 0.1) is 22.7 Å². The molecule has 0 heterocycles. The molecule has 6 heteroatoms. The van der Waals surface area contributed by atoms with E-state index < -0.39 is 4.33 Å². The molecule has 0 radical (unpaired) electrons. The van der Waals surface area contributed by atoms with Crippen molar-refractivity contribution in [2.75, 3.05) is 0 Å². The Morgan fingerprint density at radius 2 is 1.57 bits per heavy atom. The molecule has 0 atom stereocenters. The van der Waals surface area contributed by atoms with Crippen LogP contribution in [0.3, 0.4) is 0 Å². The first-order valence-corrected chi connectivity index (χ1v) is 4.92. The van der Waals surface area contributed by atoms with Gasteiger partial charge in [0.05, 0.1) is 16.2 Å². The lowest BCUT2D eigenvalue weighted by molar-refractivity contribution is 0.910. The Kier molecular flexibility index (Phi) is 3.35. The number of hydrogen-bond acceptors (Lipinski definition) is 2. The standard InChI is InChI=1S/C8H2Cl4N2/c9-6-1-8(11,12)7(10)5(3-14)4(6)2-13/h1H2. The Morgan fingerprint density at radius 3 is 2.00 bits per heavy atom. The minimum Gasteiger partial charge on any atom is -0.192 e. The van der Waals surface area contributed by atoms with Crippen LogP contribution in [0.2, 0.25) is 0 Å². The lowest BCUT2D eigenvalue weighted by Crippen LogP contribution is -2.20. The molecule has 0 fully saturated rings. The van der Waals surface area contributed by atoms with Gasteiger partial charge in [-0.05, 0) is 0 Å². The summed E-state index contributed by atoms with van der Waals surface area (Å²) >= 11 is 23.1. The van der Waals surface area contributed by atoms with E-state index in [-0.39, 0.29) is 27.6 Å². The van der Waals surface area contributed by atoms with Crippen molar-refractivity contribution in [2.45, 2.75) is 10.8 Å². The average molecular weight is 268 g/mol. The Hall–Kier alpha value is -0.380. The molecular weight excluding hydrogens is 266 g/mol. The Bertz CT molecular complexity index is 420. The summed E-state index contributed by atoms with van der Waals surface area (Å²) in [6.07, 6.45) is 0.0323. The minimum atomic E-state index is -1.41. The molecule has 0 N–H and O–H groups in total. The molecule has 0 amide bonds. The van der Waals surface area contributed by atoms with Gasteiger partial charge in [-0.2, -0.15) is 10.5 Å². The van der Waals surface area contributed by atoms with E-state index in [4.69, 9.17) is 56.9 Å². The Labute approximate surface area is 101 Å². The summed E-state index contributed by atoms with van der Waals surface area (Å²) < 4.78 is -1.41. The van der Waals surface area contributed by atoms with Gasteiger partial charge >= 0.3 is 0 Å². The summed E-state index contributed by atoms with van der Waals surface area (Å²) in [5.41, 5.74) is -0.0218. The largest absolute Gasteiger partial charge is 0.192 e. The highest BCUT2D eigenvalue weighted by atomic mass is 35.5. The van der Waals surface area contributed by atoms with Crippen molar-refractivity contribution in [3.63, 3.8) is 0 Å². The molecule has 1 aliphatic carbocycles. The minimum absolute atomic E-state index is 0.0323. The molecule has 0 bridgehead atoms. The van der Waals surface area contributed by atoms with Crippen molar-refractivity contribution in [3.05, 3.63) is 21.2 Å². The summed E-state index contributed by atoms with van der Waals surface area (Å²) in [7, 11) is 0. The fraction of sp³-hybridized carbons (Fsp3) is 0.250. The Balaban J connectivity index is 3.43. The van der Waals surface area contributed by atoms with Gasteiger partial charge in [-0.15, -0.1) is 0 Å². The molecule has 0 unspecified atom stereocenters. The van der Waals surface area contributed by atoms with Gasteiger partial charge in [0.1, 0.15) is 12.1 Å². The number of allylic oxidation sites excluding steroid dienone is 4. The highest BCUT2D eigenvalue weighted by Gasteiger charge is 2.38. The zero-order chi connectivity index (χ0) is 10.9. The monoisotopic (exact) mass is 266 g/mol. The summed E-state index contributed by atoms with van der Waals surface area (Å²) in [6, 6.07) is 3.54. The van der Waals surface area contributed by atoms with E-state index >= 15 is 0 Å². The number of alkyl halides is 2. The first kappa shape index (κ1) is 11.7. The van der Waals surface area contributed by atoms with Crippen molar-refractivity contribution in [1.29, 1.82) is 10.5 Å². The fourth-order valence-corrected chi connectivity index (χ4v) is 2.14. The van der Waals surface area contributed by atoms with Crippen LogP contribution in [0.5, 0.6) is 0 Å². The summed E-state index contributed by atoms with van der Waals surface area (Å²) in [5.74, 6) is 0. The SMILES string of the molecule is N#CC1=C(Cl)CC(Cl)(Cl)C(Cl)=C1C#N. The third-order valence-electron chi connectivity index (χ3n) is 1.66. The molecule has 1 rings (SSSR count). The smallest absolute Gasteiger partial charge is 0.159 e. The molecule has 0 aliphatic heterocycles. The predicted octanol–water partition coefficient (Wildman–Crippen LogP) is 3.60. The number of nitrogens with zero attached hydrogens (tertiary/aromatic N) is 2. The highest BCUT2D eigenvalue weighted by molar-refractivity contribution is 6.57. The second-order valence-corrected chi connectivity index (χ2v) is 4.89. The van der Waals surface area contributed by atoms with E-state index in [2.05, 4.69) is 0 Å². The molecule has 0 aromatic heterocycles. The molecule has 1 aliphatic rings. The van der Waals surface area contributed by atoms with Crippen molar-refractivity contribution >= 4 is 46.4 Å². The van der Waals surface area contributed by atoms with Gasteiger partial charge in [-0.1, -0.05) is 46.4 Å². The number of hydrogen-bond donors (Lipinski definition) is 0. The van der Waals surface area contributed by atoms with E-state index in [0.29, 0.717) is 0 Å². The second kappa shape index (κ2) is 4.01. The zero-order valence-electron chi connectivity index (χ0n) is 6.61. The number of rotatable bonds is 0. The normalized spacial score (nSPS) is 20.4. The van der Waals surface area contributed by atoms with E-state index in [1.807, 2.05) is 0 Å². The summed E-state index contributed by atoms with van der Waals surface area (Å²) in [5, 5.41) is 17.6. The van der Waals surface area contributed by atoms with Gasteiger partial charge in [0.25, 0.3) is 0 Å². The first-order chi connectivity index (χ1) is 6.44. The van der Waals surface area contributed by atoms with Crippen LogP contribution in [-0.4, -0.2) is 4.33 Å². The van der Waals surface area contributed by atoms with Gasteiger partial charge in [0.2, 0.25) is 0 Å². The second-order valence-electron chi connectivity index (χ2n) is 2.57. The molecule has 0 spiro atoms. The molecule has 0 aromatic rings. The molecule has 0 saturated heterocycles. The van der Waals surface area contributed by atoms with Crippen molar-refractivity contribution in [2.24, 2.45) is 0 Å². The third-order valence-corrected chi connectivity index (χ3v) is 3.34. The van der Waals surface area contributed by atoms with Gasteiger partial charge < -0.3 is 0 Å². The summed E-state index contributed by atoms with van der Waals surface area (Å²) in [4.78, 5) is 0. The lowest BCUT2D eigenvalue weighted by atomic mass is 9.99. The van der Waals surface area contributed by atoms with Gasteiger partial charge in [0.15, 0.2) is 4.33 Å². The maximum atomic E-state index is 8.76. The third kappa shape index (κ3) is 1.85. The average Bonchev–Trinajstić information content (AvgIpc) is 2.10. The van der Waals surface area contributed by atoms with Gasteiger partial charge in [-0.3, -0.25) is 0 Å². The van der Waals surface area contributed by atoms with Crippen LogP contribution in [0.4, 0.5) is 0 Å². The molecule has 72 valence electrons. The number of nitriles is 2. The molecular formula is C8H2Cl4N2. The van der Waals surface area contributed by atoms with E-state index in [9.17, 15) is 0 Å². The quantitative estimate of drug-likeness (QED) is 0.630. The van der Waals surface area contributed by atoms with Crippen LogP contribution < -0.4 is 0 Å². The topological polar surface area (TPSA) is 47.6 Å². The first-order valence-electron chi connectivity index (χ1n) is 3.41. The van der Waals surface area contributed by atoms with Crippen molar-refractivity contribution in [3.8, 4) is 12.1 Å². The van der Waals surface area contributed by atoms with Crippen LogP contribution in [0.25, 0.3) is 0 Å². The molecule has 14 heavy (non-hydrogen) atoms. The summed E-state index contributed by atoms with van der Waals surface area (Å²) in [6.45, 7) is 0. The molecule has 0 saturated carbocycles. The van der Waals surface area contributed by atoms with Crippen LogP contribution in [0.15, 0.2) is 21.2 Å². The van der Waals surface area contributed by atoms with Crippen LogP contribution in [0.1, 0.15) is 6.42 Å². The lowest BCUT2D eigenvalue weighted by Gasteiger charge is -2.24. The molecule has 0 aromatic carbocycles. The maximum Gasteiger partial charge on any atom is 0.159 e. The van der Waals surface area contributed by atoms with Crippen molar-refractivity contribution < 1.29 is 0 Å². The Morgan fingerprint density at radius 1 is 1.07 bits per heavy atom. The van der Waals surface area contributed by atoms with Gasteiger partial charge in [-0.25, -0.2) is 0 Å². The predicted molar refractivity (Wildman–Crippen MR) is 56.0 cm³/mol. The fourth-order valence-electron chi connectivity index (χ4n) is 1.01. The van der Waals surface area contributed by atoms with Crippen LogP contribution >= 0.6 is 46.4 Å². The zero-order valence-corrected chi connectivity index (χ0v) is 9.64. The van der Waals surface area contributed by atoms with E-state index in [1.54, 1.807) is 12.1 Å².